The van der Waals surface area contributed by atoms with Gasteiger partial charge in [-0.2, -0.15) is 0 Å². The van der Waals surface area contributed by atoms with Gasteiger partial charge in [-0.05, 0) is 18.6 Å². The number of hydrogen-bond acceptors (Lipinski definition) is 3. The van der Waals surface area contributed by atoms with Crippen LogP contribution in [0.3, 0.4) is 0 Å². The molecule has 1 unspecified atom stereocenters. The van der Waals surface area contributed by atoms with E-state index in [0.717, 1.165) is 11.6 Å². The normalized spacial score (nSPS) is 13.9. The van der Waals surface area contributed by atoms with E-state index in [-0.39, 0.29) is 24.4 Å². The lowest BCUT2D eigenvalue weighted by molar-refractivity contribution is 0.234. The van der Waals surface area contributed by atoms with Crippen molar-refractivity contribution >= 4 is 0 Å². The molecule has 0 heterocycles. The van der Waals surface area contributed by atoms with Crippen molar-refractivity contribution in [2.75, 3.05) is 6.61 Å². The maximum atomic E-state index is 13.8. The van der Waals surface area contributed by atoms with Crippen molar-refractivity contribution in [2.24, 2.45) is 0 Å². The first-order valence-electron chi connectivity index (χ1n) is 6.52. The average Bonchev–Trinajstić information content (AvgIpc) is 2.45. The summed E-state index contributed by atoms with van der Waals surface area (Å²) in [5.41, 5.74) is 1.40. The van der Waals surface area contributed by atoms with Crippen LogP contribution in [0.5, 0.6) is 5.75 Å². The molecule has 0 spiro atoms. The van der Waals surface area contributed by atoms with Gasteiger partial charge in [-0.25, -0.2) is 4.39 Å². The SMILES string of the molecule is CC(N[C@@H](CO)c1ccccc1)c1ccc(O)cc1F. The van der Waals surface area contributed by atoms with Crippen LogP contribution in [0.25, 0.3) is 0 Å². The molecule has 0 saturated heterocycles. The average molecular weight is 275 g/mol. The van der Waals surface area contributed by atoms with E-state index in [2.05, 4.69) is 5.32 Å². The van der Waals surface area contributed by atoms with E-state index in [0.29, 0.717) is 5.56 Å². The Morgan fingerprint density at radius 1 is 1.15 bits per heavy atom. The minimum Gasteiger partial charge on any atom is -0.508 e. The first-order chi connectivity index (χ1) is 9.61. The van der Waals surface area contributed by atoms with Gasteiger partial charge in [-0.1, -0.05) is 36.4 Å². The van der Waals surface area contributed by atoms with Gasteiger partial charge in [0.15, 0.2) is 0 Å². The molecule has 3 N–H and O–H groups in total. The lowest BCUT2D eigenvalue weighted by atomic mass is 10.0. The van der Waals surface area contributed by atoms with Crippen LogP contribution < -0.4 is 5.32 Å². The summed E-state index contributed by atoms with van der Waals surface area (Å²) in [6.07, 6.45) is 0. The number of nitrogens with one attached hydrogen (secondary N) is 1. The molecule has 0 radical (unpaired) electrons. The number of rotatable bonds is 5. The quantitative estimate of drug-likeness (QED) is 0.786. The van der Waals surface area contributed by atoms with Crippen molar-refractivity contribution in [1.82, 2.24) is 5.32 Å². The van der Waals surface area contributed by atoms with E-state index in [9.17, 15) is 14.6 Å². The van der Waals surface area contributed by atoms with Gasteiger partial charge in [0.05, 0.1) is 12.6 Å². The summed E-state index contributed by atoms with van der Waals surface area (Å²) < 4.78 is 13.8. The van der Waals surface area contributed by atoms with E-state index >= 15 is 0 Å². The second-order valence-electron chi connectivity index (χ2n) is 4.74. The molecule has 0 saturated carbocycles. The summed E-state index contributed by atoms with van der Waals surface area (Å²) >= 11 is 0. The number of aliphatic hydroxyl groups excluding tert-OH is 1. The number of benzene rings is 2. The molecule has 0 aliphatic rings. The minimum absolute atomic E-state index is 0.0753. The van der Waals surface area contributed by atoms with Gasteiger partial charge in [-0.15, -0.1) is 0 Å². The van der Waals surface area contributed by atoms with Crippen LogP contribution in [0.2, 0.25) is 0 Å². The molecule has 3 nitrogen and oxygen atoms in total. The van der Waals surface area contributed by atoms with Crippen molar-refractivity contribution in [3.63, 3.8) is 0 Å². The van der Waals surface area contributed by atoms with Gasteiger partial charge in [-0.3, -0.25) is 0 Å². The molecular formula is C16H18FNO2. The Morgan fingerprint density at radius 3 is 2.45 bits per heavy atom. The third-order valence-corrected chi connectivity index (χ3v) is 3.29. The zero-order chi connectivity index (χ0) is 14.5. The van der Waals surface area contributed by atoms with Crippen LogP contribution in [0.15, 0.2) is 48.5 Å². The molecule has 20 heavy (non-hydrogen) atoms. The van der Waals surface area contributed by atoms with Gasteiger partial charge < -0.3 is 15.5 Å². The van der Waals surface area contributed by atoms with Crippen LogP contribution in [0, 0.1) is 5.82 Å². The Hall–Kier alpha value is -1.91. The van der Waals surface area contributed by atoms with Crippen LogP contribution >= 0.6 is 0 Å². The minimum atomic E-state index is -0.463. The van der Waals surface area contributed by atoms with Gasteiger partial charge in [0.25, 0.3) is 0 Å². The van der Waals surface area contributed by atoms with Crippen molar-refractivity contribution < 1.29 is 14.6 Å². The fraction of sp³-hybridized carbons (Fsp3) is 0.250. The van der Waals surface area contributed by atoms with Crippen molar-refractivity contribution in [2.45, 2.75) is 19.0 Å². The summed E-state index contributed by atoms with van der Waals surface area (Å²) in [6, 6.07) is 13.0. The third-order valence-electron chi connectivity index (χ3n) is 3.29. The third kappa shape index (κ3) is 3.35. The number of hydrogen-bond donors (Lipinski definition) is 3. The zero-order valence-corrected chi connectivity index (χ0v) is 11.3. The molecule has 0 aromatic heterocycles. The molecule has 2 aromatic carbocycles. The topological polar surface area (TPSA) is 52.5 Å². The van der Waals surface area contributed by atoms with Crippen LogP contribution in [-0.4, -0.2) is 16.8 Å². The summed E-state index contributed by atoms with van der Waals surface area (Å²) in [5.74, 6) is -0.560. The summed E-state index contributed by atoms with van der Waals surface area (Å²) in [7, 11) is 0. The molecule has 2 atom stereocenters. The fourth-order valence-electron chi connectivity index (χ4n) is 2.20. The van der Waals surface area contributed by atoms with Gasteiger partial charge in [0.1, 0.15) is 11.6 Å². The van der Waals surface area contributed by atoms with E-state index in [1.165, 1.54) is 6.07 Å². The predicted octanol–water partition coefficient (Wildman–Crippen LogP) is 2.92. The van der Waals surface area contributed by atoms with Crippen LogP contribution in [0.4, 0.5) is 4.39 Å². The first kappa shape index (κ1) is 14.5. The Morgan fingerprint density at radius 2 is 1.85 bits per heavy atom. The number of aliphatic hydroxyl groups is 1. The molecule has 0 aliphatic carbocycles. The van der Waals surface area contributed by atoms with Crippen molar-refractivity contribution in [3.8, 4) is 5.75 Å². The predicted molar refractivity (Wildman–Crippen MR) is 75.9 cm³/mol. The summed E-state index contributed by atoms with van der Waals surface area (Å²) in [6.45, 7) is 1.75. The highest BCUT2D eigenvalue weighted by Gasteiger charge is 2.17. The molecule has 2 rings (SSSR count). The zero-order valence-electron chi connectivity index (χ0n) is 11.3. The molecule has 0 amide bonds. The Labute approximate surface area is 117 Å². The first-order valence-corrected chi connectivity index (χ1v) is 6.52. The lowest BCUT2D eigenvalue weighted by Crippen LogP contribution is -2.27. The second-order valence-corrected chi connectivity index (χ2v) is 4.74. The van der Waals surface area contributed by atoms with Crippen LogP contribution in [0.1, 0.15) is 30.1 Å². The van der Waals surface area contributed by atoms with E-state index < -0.39 is 5.82 Å². The molecule has 0 aliphatic heterocycles. The lowest BCUT2D eigenvalue weighted by Gasteiger charge is -2.22. The van der Waals surface area contributed by atoms with E-state index in [4.69, 9.17) is 0 Å². The molecule has 2 aromatic rings. The van der Waals surface area contributed by atoms with E-state index in [1.807, 2.05) is 37.3 Å². The molecular weight excluding hydrogens is 257 g/mol. The molecule has 0 bridgehead atoms. The number of aromatic hydroxyl groups is 1. The summed E-state index contributed by atoms with van der Waals surface area (Å²) in [4.78, 5) is 0. The molecule has 106 valence electrons. The smallest absolute Gasteiger partial charge is 0.131 e. The van der Waals surface area contributed by atoms with Gasteiger partial charge in [0, 0.05) is 17.7 Å². The standard InChI is InChI=1S/C16H18FNO2/c1-11(14-8-7-13(20)9-15(14)17)18-16(10-19)12-5-3-2-4-6-12/h2-9,11,16,18-20H,10H2,1H3/t11?,16-/m0/s1. The second kappa shape index (κ2) is 6.50. The number of phenols is 1. The number of halogens is 1. The monoisotopic (exact) mass is 275 g/mol. The maximum absolute atomic E-state index is 13.8. The maximum Gasteiger partial charge on any atom is 0.131 e. The van der Waals surface area contributed by atoms with Crippen molar-refractivity contribution in [1.29, 1.82) is 0 Å². The highest BCUT2D eigenvalue weighted by atomic mass is 19.1. The molecule has 4 heteroatoms. The van der Waals surface area contributed by atoms with Gasteiger partial charge >= 0.3 is 0 Å². The fourth-order valence-corrected chi connectivity index (χ4v) is 2.20. The number of phenolic OH excluding ortho intramolecular Hbond substituents is 1. The molecule has 0 fully saturated rings. The summed E-state index contributed by atoms with van der Waals surface area (Å²) in [5, 5.41) is 21.9. The van der Waals surface area contributed by atoms with E-state index in [1.54, 1.807) is 6.07 Å². The Kier molecular flexibility index (Phi) is 4.71. The largest absolute Gasteiger partial charge is 0.508 e. The Bertz CT molecular complexity index is 560. The van der Waals surface area contributed by atoms with Gasteiger partial charge in [0.2, 0.25) is 0 Å². The van der Waals surface area contributed by atoms with Crippen molar-refractivity contribution in [3.05, 3.63) is 65.5 Å². The Balaban J connectivity index is 2.15. The highest BCUT2D eigenvalue weighted by Crippen LogP contribution is 2.24. The highest BCUT2D eigenvalue weighted by molar-refractivity contribution is 5.30. The van der Waals surface area contributed by atoms with Crippen LogP contribution in [-0.2, 0) is 0 Å².